The van der Waals surface area contributed by atoms with Crippen LogP contribution in [0.25, 0.3) is 0 Å². The molecule has 1 saturated heterocycles. The molecule has 0 aromatic carbocycles. The molecule has 82 valence electrons. The predicted molar refractivity (Wildman–Crippen MR) is 65.0 cm³/mol. The van der Waals surface area contributed by atoms with Crippen molar-refractivity contribution >= 4 is 11.8 Å². The topological polar surface area (TPSA) is 3.24 Å². The maximum atomic E-state index is 2.47. The van der Waals surface area contributed by atoms with Crippen LogP contribution in [0.1, 0.15) is 44.9 Å². The van der Waals surface area contributed by atoms with Crippen molar-refractivity contribution < 1.29 is 0 Å². The van der Waals surface area contributed by atoms with Crippen LogP contribution in [0.2, 0.25) is 0 Å². The molecule has 2 fully saturated rings. The zero-order valence-corrected chi connectivity index (χ0v) is 10.2. The molecule has 1 saturated carbocycles. The molecule has 1 nitrogen and oxygen atoms in total. The Morgan fingerprint density at radius 2 is 1.43 bits per heavy atom. The van der Waals surface area contributed by atoms with Crippen molar-refractivity contribution in [1.29, 1.82) is 0 Å². The lowest BCUT2D eigenvalue weighted by atomic mass is 10.0. The second-order valence-corrected chi connectivity index (χ2v) is 6.50. The summed E-state index contributed by atoms with van der Waals surface area (Å²) in [5, 5.41) is 1.99. The van der Waals surface area contributed by atoms with Crippen LogP contribution < -0.4 is 0 Å². The molecular formula is C12H23NS. The lowest BCUT2D eigenvalue weighted by molar-refractivity contribution is 0.281. The first kappa shape index (κ1) is 10.8. The Morgan fingerprint density at radius 1 is 0.857 bits per heavy atom. The number of thioether (sulfide) groups is 1. The normalized spacial score (nSPS) is 28.1. The number of hydrogen-bond acceptors (Lipinski definition) is 2. The Bertz CT molecular complexity index is 158. The summed E-state index contributed by atoms with van der Waals surface area (Å²) in [5.41, 5.74) is 0. The van der Waals surface area contributed by atoms with Gasteiger partial charge in [-0.2, -0.15) is 11.8 Å². The quantitative estimate of drug-likeness (QED) is 0.693. The molecule has 0 aromatic rings. The minimum Gasteiger partial charge on any atom is -0.306 e. The van der Waals surface area contributed by atoms with Crippen molar-refractivity contribution in [1.82, 2.24) is 4.90 Å². The molecule has 2 aliphatic rings. The van der Waals surface area contributed by atoms with Crippen molar-refractivity contribution in [3.63, 3.8) is 0 Å². The highest BCUT2D eigenvalue weighted by Crippen LogP contribution is 2.34. The van der Waals surface area contributed by atoms with E-state index in [1.807, 2.05) is 0 Å². The van der Waals surface area contributed by atoms with Crippen LogP contribution in [0.4, 0.5) is 0 Å². The number of likely N-dealkylation sites (tertiary alicyclic amines) is 1. The van der Waals surface area contributed by atoms with Crippen LogP contribution in [-0.4, -0.2) is 35.5 Å². The molecule has 2 rings (SSSR count). The molecular weight excluding hydrogens is 190 g/mol. The molecule has 2 heteroatoms. The summed E-state index contributed by atoms with van der Waals surface area (Å²) in [6.45, 7) is 2.65. The standard InChI is InChI=1S/C12H23NS/c1-13-9-7-12(8-10-13)14-11-5-3-2-4-6-11/h11-12H,2-10H2,1H3. The Morgan fingerprint density at radius 3 is 2.07 bits per heavy atom. The lowest BCUT2D eigenvalue weighted by Crippen LogP contribution is -2.32. The van der Waals surface area contributed by atoms with Gasteiger partial charge in [-0.05, 0) is 45.8 Å². The van der Waals surface area contributed by atoms with E-state index in [4.69, 9.17) is 0 Å². The Balaban J connectivity index is 1.68. The molecule has 0 bridgehead atoms. The third-order valence-corrected chi connectivity index (χ3v) is 5.32. The van der Waals surface area contributed by atoms with E-state index in [1.165, 1.54) is 58.0 Å². The molecule has 0 N–H and O–H groups in total. The highest BCUT2D eigenvalue weighted by molar-refractivity contribution is 8.00. The van der Waals surface area contributed by atoms with E-state index in [-0.39, 0.29) is 0 Å². The maximum absolute atomic E-state index is 2.47. The molecule has 1 aliphatic heterocycles. The SMILES string of the molecule is CN1CCC(SC2CCCCC2)CC1. The van der Waals surface area contributed by atoms with Gasteiger partial charge in [-0.1, -0.05) is 19.3 Å². The van der Waals surface area contributed by atoms with Gasteiger partial charge >= 0.3 is 0 Å². The van der Waals surface area contributed by atoms with Crippen molar-refractivity contribution in [3.8, 4) is 0 Å². The zero-order chi connectivity index (χ0) is 9.80. The molecule has 1 aliphatic carbocycles. The average molecular weight is 213 g/mol. The van der Waals surface area contributed by atoms with Crippen LogP contribution in [0, 0.1) is 0 Å². The first-order valence-corrected chi connectivity index (χ1v) is 7.13. The van der Waals surface area contributed by atoms with Gasteiger partial charge in [-0.15, -0.1) is 0 Å². The largest absolute Gasteiger partial charge is 0.306 e. The monoisotopic (exact) mass is 213 g/mol. The van der Waals surface area contributed by atoms with Gasteiger partial charge in [0, 0.05) is 10.5 Å². The third-order valence-electron chi connectivity index (χ3n) is 3.60. The van der Waals surface area contributed by atoms with Gasteiger partial charge in [-0.3, -0.25) is 0 Å². The summed E-state index contributed by atoms with van der Waals surface area (Å²) in [6.07, 6.45) is 10.3. The Hall–Kier alpha value is 0.310. The van der Waals surface area contributed by atoms with E-state index in [1.54, 1.807) is 0 Å². The van der Waals surface area contributed by atoms with Crippen molar-refractivity contribution in [2.24, 2.45) is 0 Å². The number of piperidine rings is 1. The predicted octanol–water partition coefficient (Wildman–Crippen LogP) is 3.15. The second kappa shape index (κ2) is 5.41. The molecule has 1 heterocycles. The van der Waals surface area contributed by atoms with Crippen LogP contribution in [0.3, 0.4) is 0 Å². The molecule has 0 atom stereocenters. The first-order chi connectivity index (χ1) is 6.84. The summed E-state index contributed by atoms with van der Waals surface area (Å²) < 4.78 is 0. The highest BCUT2D eigenvalue weighted by Gasteiger charge is 2.22. The van der Waals surface area contributed by atoms with Gasteiger partial charge in [0.2, 0.25) is 0 Å². The fourth-order valence-corrected chi connectivity index (χ4v) is 4.23. The molecule has 0 aromatic heterocycles. The zero-order valence-electron chi connectivity index (χ0n) is 9.37. The van der Waals surface area contributed by atoms with Gasteiger partial charge in [-0.25, -0.2) is 0 Å². The van der Waals surface area contributed by atoms with Gasteiger partial charge in [0.15, 0.2) is 0 Å². The second-order valence-electron chi connectivity index (χ2n) is 4.90. The van der Waals surface area contributed by atoms with Crippen LogP contribution in [0.15, 0.2) is 0 Å². The highest BCUT2D eigenvalue weighted by atomic mass is 32.2. The van der Waals surface area contributed by atoms with Crippen LogP contribution >= 0.6 is 11.8 Å². The van der Waals surface area contributed by atoms with Crippen molar-refractivity contribution in [3.05, 3.63) is 0 Å². The fraction of sp³-hybridized carbons (Fsp3) is 1.00. The molecule has 0 amide bonds. The molecule has 14 heavy (non-hydrogen) atoms. The summed E-state index contributed by atoms with van der Waals surface area (Å²) in [5.74, 6) is 0. The summed E-state index contributed by atoms with van der Waals surface area (Å²) in [6, 6.07) is 0. The Labute approximate surface area is 92.6 Å². The van der Waals surface area contributed by atoms with Gasteiger partial charge in [0.25, 0.3) is 0 Å². The van der Waals surface area contributed by atoms with E-state index >= 15 is 0 Å². The molecule has 0 spiro atoms. The summed E-state index contributed by atoms with van der Waals surface area (Å²) in [4.78, 5) is 2.47. The first-order valence-electron chi connectivity index (χ1n) is 6.18. The van der Waals surface area contributed by atoms with E-state index in [0.717, 1.165) is 10.5 Å². The minimum atomic E-state index is 0.981. The number of nitrogens with zero attached hydrogens (tertiary/aromatic N) is 1. The van der Waals surface area contributed by atoms with Gasteiger partial charge < -0.3 is 4.90 Å². The van der Waals surface area contributed by atoms with Gasteiger partial charge in [0.05, 0.1) is 0 Å². The van der Waals surface area contributed by atoms with Crippen LogP contribution in [-0.2, 0) is 0 Å². The van der Waals surface area contributed by atoms with Crippen molar-refractivity contribution in [2.75, 3.05) is 20.1 Å². The third kappa shape index (κ3) is 3.16. The Kier molecular flexibility index (Phi) is 4.18. The number of rotatable bonds is 2. The van der Waals surface area contributed by atoms with E-state index in [9.17, 15) is 0 Å². The summed E-state index contributed by atoms with van der Waals surface area (Å²) >= 11 is 2.32. The van der Waals surface area contributed by atoms with Gasteiger partial charge in [0.1, 0.15) is 0 Å². The molecule has 0 radical (unpaired) electrons. The molecule has 0 unspecified atom stereocenters. The van der Waals surface area contributed by atoms with E-state index < -0.39 is 0 Å². The maximum Gasteiger partial charge on any atom is 0.00741 e. The fourth-order valence-electron chi connectivity index (χ4n) is 2.59. The van der Waals surface area contributed by atoms with E-state index in [0.29, 0.717) is 0 Å². The van der Waals surface area contributed by atoms with E-state index in [2.05, 4.69) is 23.7 Å². The minimum absolute atomic E-state index is 0.981. The summed E-state index contributed by atoms with van der Waals surface area (Å²) in [7, 11) is 2.25. The lowest BCUT2D eigenvalue weighted by Gasteiger charge is -2.32. The average Bonchev–Trinajstić information content (AvgIpc) is 2.23. The smallest absolute Gasteiger partial charge is 0.00741 e. The van der Waals surface area contributed by atoms with Crippen molar-refractivity contribution in [2.45, 2.75) is 55.4 Å². The van der Waals surface area contributed by atoms with Crippen LogP contribution in [0.5, 0.6) is 0 Å². The number of hydrogen-bond donors (Lipinski definition) is 0.